The monoisotopic (exact) mass is 256 g/mol. The third kappa shape index (κ3) is 1.77. The molecule has 1 aromatic rings. The molecule has 14 heavy (non-hydrogen) atoms. The molecule has 0 bridgehead atoms. The molecule has 5 heteroatoms. The van der Waals surface area contributed by atoms with Gasteiger partial charge in [0.2, 0.25) is 0 Å². The fourth-order valence-corrected chi connectivity index (χ4v) is 1.85. The molecular weight excluding hydrogens is 248 g/mol. The first-order valence-corrected chi connectivity index (χ1v) is 5.24. The van der Waals surface area contributed by atoms with Gasteiger partial charge in [-0.05, 0) is 34.8 Å². The van der Waals surface area contributed by atoms with E-state index in [1.165, 1.54) is 6.42 Å². The third-order valence-electron chi connectivity index (χ3n) is 2.46. The summed E-state index contributed by atoms with van der Waals surface area (Å²) in [5.41, 5.74) is 0.907. The zero-order valence-electron chi connectivity index (χ0n) is 7.40. The summed E-state index contributed by atoms with van der Waals surface area (Å²) in [5, 5.41) is 8.80. The largest absolute Gasteiger partial charge is 0.477 e. The summed E-state index contributed by atoms with van der Waals surface area (Å²) in [6.07, 6.45) is 3.40. The molecule has 0 atom stereocenters. The van der Waals surface area contributed by atoms with Crippen LogP contribution >= 0.6 is 15.9 Å². The molecule has 0 unspecified atom stereocenters. The molecule has 0 radical (unpaired) electrons. The van der Waals surface area contributed by atoms with Crippen LogP contribution in [-0.4, -0.2) is 21.0 Å². The van der Waals surface area contributed by atoms with Crippen molar-refractivity contribution < 1.29 is 9.90 Å². The Morgan fingerprint density at radius 1 is 1.50 bits per heavy atom. The predicted molar refractivity (Wildman–Crippen MR) is 53.3 cm³/mol. The number of rotatable bonds is 2. The molecule has 1 aromatic heterocycles. The minimum Gasteiger partial charge on any atom is -0.477 e. The Hall–Kier alpha value is -0.970. The molecule has 1 saturated carbocycles. The summed E-state index contributed by atoms with van der Waals surface area (Å²) >= 11 is 3.12. The molecule has 0 spiro atoms. The Morgan fingerprint density at radius 2 is 2.21 bits per heavy atom. The lowest BCUT2D eigenvalue weighted by atomic mass is 9.83. The number of hydrogen-bond acceptors (Lipinski definition) is 3. The van der Waals surface area contributed by atoms with E-state index in [1.54, 1.807) is 6.07 Å². The summed E-state index contributed by atoms with van der Waals surface area (Å²) in [6, 6.07) is 1.57. The van der Waals surface area contributed by atoms with E-state index in [1.807, 2.05) is 0 Å². The van der Waals surface area contributed by atoms with E-state index in [-0.39, 0.29) is 5.69 Å². The number of aromatic carboxylic acids is 1. The van der Waals surface area contributed by atoms with Crippen LogP contribution in [0.5, 0.6) is 0 Å². The molecule has 74 valence electrons. The van der Waals surface area contributed by atoms with Crippen molar-refractivity contribution in [2.75, 3.05) is 0 Å². The SMILES string of the molecule is O=C(O)c1cc(C2CCC2)nc(Br)n1. The van der Waals surface area contributed by atoms with Gasteiger partial charge in [-0.15, -0.1) is 0 Å². The van der Waals surface area contributed by atoms with E-state index >= 15 is 0 Å². The molecule has 4 nitrogen and oxygen atoms in total. The van der Waals surface area contributed by atoms with E-state index < -0.39 is 5.97 Å². The van der Waals surface area contributed by atoms with Crippen LogP contribution in [0.15, 0.2) is 10.8 Å². The predicted octanol–water partition coefficient (Wildman–Crippen LogP) is 2.20. The number of carbonyl (C=O) groups is 1. The standard InChI is InChI=1S/C9H9BrN2O2/c10-9-11-6(5-2-1-3-5)4-7(12-9)8(13)14/h4-5H,1-3H2,(H,13,14). The number of nitrogens with zero attached hydrogens (tertiary/aromatic N) is 2. The van der Waals surface area contributed by atoms with Crippen LogP contribution < -0.4 is 0 Å². The molecule has 2 rings (SSSR count). The maximum absolute atomic E-state index is 10.7. The van der Waals surface area contributed by atoms with Gasteiger partial charge in [-0.2, -0.15) is 0 Å². The zero-order valence-corrected chi connectivity index (χ0v) is 8.99. The van der Waals surface area contributed by atoms with Crippen molar-refractivity contribution in [3.63, 3.8) is 0 Å². The van der Waals surface area contributed by atoms with Crippen LogP contribution in [0.25, 0.3) is 0 Å². The molecule has 1 N–H and O–H groups in total. The fraction of sp³-hybridized carbons (Fsp3) is 0.444. The van der Waals surface area contributed by atoms with E-state index in [0.29, 0.717) is 10.7 Å². The molecule has 1 aliphatic carbocycles. The van der Waals surface area contributed by atoms with Crippen LogP contribution in [-0.2, 0) is 0 Å². The summed E-state index contributed by atoms with van der Waals surface area (Å²) in [4.78, 5) is 18.7. The van der Waals surface area contributed by atoms with Gasteiger partial charge in [0.15, 0.2) is 10.4 Å². The Morgan fingerprint density at radius 3 is 2.71 bits per heavy atom. The Labute approximate surface area is 89.5 Å². The highest BCUT2D eigenvalue weighted by Gasteiger charge is 2.22. The summed E-state index contributed by atoms with van der Waals surface area (Å²) in [6.45, 7) is 0. The first kappa shape index (κ1) is 9.58. The van der Waals surface area contributed by atoms with Crippen molar-refractivity contribution >= 4 is 21.9 Å². The second-order valence-electron chi connectivity index (χ2n) is 3.38. The molecule has 1 fully saturated rings. The van der Waals surface area contributed by atoms with Gasteiger partial charge in [0.05, 0.1) is 0 Å². The fourth-order valence-electron chi connectivity index (χ4n) is 1.46. The van der Waals surface area contributed by atoms with Crippen molar-refractivity contribution in [3.8, 4) is 0 Å². The number of carboxylic acid groups (broad SMARTS) is 1. The molecule has 0 saturated heterocycles. The lowest BCUT2D eigenvalue weighted by Crippen LogP contribution is -2.13. The van der Waals surface area contributed by atoms with E-state index in [0.717, 1.165) is 18.5 Å². The van der Waals surface area contributed by atoms with Gasteiger partial charge in [-0.25, -0.2) is 14.8 Å². The lowest BCUT2D eigenvalue weighted by molar-refractivity contribution is 0.0689. The van der Waals surface area contributed by atoms with Crippen molar-refractivity contribution in [1.29, 1.82) is 0 Å². The quantitative estimate of drug-likeness (QED) is 0.825. The normalized spacial score (nSPS) is 16.4. The second-order valence-corrected chi connectivity index (χ2v) is 4.09. The Bertz CT molecular complexity index is 377. The third-order valence-corrected chi connectivity index (χ3v) is 2.82. The molecule has 1 heterocycles. The smallest absolute Gasteiger partial charge is 0.354 e. The molecule has 0 aliphatic heterocycles. The Balaban J connectivity index is 2.35. The molecular formula is C9H9BrN2O2. The van der Waals surface area contributed by atoms with Gasteiger partial charge in [-0.3, -0.25) is 0 Å². The van der Waals surface area contributed by atoms with Crippen molar-refractivity contribution in [3.05, 3.63) is 22.2 Å². The minimum atomic E-state index is -1.01. The van der Waals surface area contributed by atoms with E-state index in [4.69, 9.17) is 5.11 Å². The number of carboxylic acids is 1. The number of hydrogen-bond donors (Lipinski definition) is 1. The molecule has 0 aromatic carbocycles. The summed E-state index contributed by atoms with van der Waals surface area (Å²) < 4.78 is 0.360. The average molecular weight is 257 g/mol. The van der Waals surface area contributed by atoms with Crippen LogP contribution in [0, 0.1) is 0 Å². The van der Waals surface area contributed by atoms with Crippen molar-refractivity contribution in [2.45, 2.75) is 25.2 Å². The molecule has 1 aliphatic rings. The van der Waals surface area contributed by atoms with Gasteiger partial charge in [0.1, 0.15) is 0 Å². The second kappa shape index (κ2) is 3.65. The highest BCUT2D eigenvalue weighted by Crippen LogP contribution is 2.35. The van der Waals surface area contributed by atoms with Crippen LogP contribution in [0.4, 0.5) is 0 Å². The van der Waals surface area contributed by atoms with Gasteiger partial charge in [-0.1, -0.05) is 6.42 Å². The van der Waals surface area contributed by atoms with E-state index in [9.17, 15) is 4.79 Å². The van der Waals surface area contributed by atoms with Gasteiger partial charge in [0, 0.05) is 11.6 Å². The van der Waals surface area contributed by atoms with Crippen LogP contribution in [0.2, 0.25) is 0 Å². The topological polar surface area (TPSA) is 63.1 Å². The van der Waals surface area contributed by atoms with Gasteiger partial charge < -0.3 is 5.11 Å². The lowest BCUT2D eigenvalue weighted by Gasteiger charge is -2.24. The number of aromatic nitrogens is 2. The highest BCUT2D eigenvalue weighted by molar-refractivity contribution is 9.10. The Kier molecular flexibility index (Phi) is 2.50. The van der Waals surface area contributed by atoms with Crippen molar-refractivity contribution in [1.82, 2.24) is 9.97 Å². The summed E-state index contributed by atoms with van der Waals surface area (Å²) in [7, 11) is 0. The summed E-state index contributed by atoms with van der Waals surface area (Å²) in [5.74, 6) is -0.582. The maximum Gasteiger partial charge on any atom is 0.354 e. The maximum atomic E-state index is 10.7. The number of halogens is 1. The van der Waals surface area contributed by atoms with Crippen LogP contribution in [0.1, 0.15) is 41.4 Å². The first-order chi connectivity index (χ1) is 6.66. The highest BCUT2D eigenvalue weighted by atomic mass is 79.9. The minimum absolute atomic E-state index is 0.0637. The van der Waals surface area contributed by atoms with Crippen LogP contribution in [0.3, 0.4) is 0 Å². The first-order valence-electron chi connectivity index (χ1n) is 4.44. The van der Waals surface area contributed by atoms with Gasteiger partial charge in [0.25, 0.3) is 0 Å². The van der Waals surface area contributed by atoms with Gasteiger partial charge >= 0.3 is 5.97 Å². The molecule has 0 amide bonds. The zero-order chi connectivity index (χ0) is 10.1. The van der Waals surface area contributed by atoms with E-state index in [2.05, 4.69) is 25.9 Å². The average Bonchev–Trinajstić information content (AvgIpc) is 1.99. The van der Waals surface area contributed by atoms with Crippen molar-refractivity contribution in [2.24, 2.45) is 0 Å².